The van der Waals surface area contributed by atoms with E-state index in [2.05, 4.69) is 13.8 Å². The first kappa shape index (κ1) is 12.4. The molecular weight excluding hydrogens is 190 g/mol. The lowest BCUT2D eigenvalue weighted by Crippen LogP contribution is -2.53. The van der Waals surface area contributed by atoms with Crippen LogP contribution in [0.5, 0.6) is 0 Å². The van der Waals surface area contributed by atoms with Gasteiger partial charge in [0.1, 0.15) is 0 Å². The lowest BCUT2D eigenvalue weighted by atomic mass is 10.2. The molecular formula is C12H22NO2+. The normalized spacial score (nSPS) is 19.9. The molecule has 1 aliphatic heterocycles. The molecule has 0 bridgehead atoms. The van der Waals surface area contributed by atoms with E-state index in [1.165, 1.54) is 0 Å². The summed E-state index contributed by atoms with van der Waals surface area (Å²) in [5.41, 5.74) is 0. The number of unbranched alkanes of at least 4 members (excludes halogenated alkanes) is 2. The number of hydrogen-bond donors (Lipinski definition) is 0. The van der Waals surface area contributed by atoms with Gasteiger partial charge in [0.2, 0.25) is 0 Å². The van der Waals surface area contributed by atoms with Crippen molar-refractivity contribution in [1.29, 1.82) is 0 Å². The van der Waals surface area contributed by atoms with E-state index >= 15 is 0 Å². The first-order valence-electron chi connectivity index (χ1n) is 6.11. The van der Waals surface area contributed by atoms with Crippen molar-refractivity contribution in [2.75, 3.05) is 13.1 Å². The summed E-state index contributed by atoms with van der Waals surface area (Å²) < 4.78 is 0.154. The lowest BCUT2D eigenvalue weighted by Gasteiger charge is -2.28. The van der Waals surface area contributed by atoms with Crippen molar-refractivity contribution in [3.05, 3.63) is 0 Å². The van der Waals surface area contributed by atoms with Gasteiger partial charge in [-0.05, 0) is 12.8 Å². The molecule has 3 heteroatoms. The molecule has 0 radical (unpaired) electrons. The molecule has 3 nitrogen and oxygen atoms in total. The van der Waals surface area contributed by atoms with Gasteiger partial charge in [0, 0.05) is 0 Å². The quantitative estimate of drug-likeness (QED) is 0.500. The fourth-order valence-electron chi connectivity index (χ4n) is 2.25. The third-order valence-corrected chi connectivity index (χ3v) is 3.29. The van der Waals surface area contributed by atoms with Crippen LogP contribution in [0.1, 0.15) is 52.4 Å². The fourth-order valence-corrected chi connectivity index (χ4v) is 2.25. The van der Waals surface area contributed by atoms with E-state index in [1.54, 1.807) is 0 Å². The Morgan fingerprint density at radius 2 is 1.33 bits per heavy atom. The molecule has 1 heterocycles. The highest BCUT2D eigenvalue weighted by atomic mass is 16.2. The average molecular weight is 212 g/mol. The highest BCUT2D eigenvalue weighted by molar-refractivity contribution is 5.91. The summed E-state index contributed by atoms with van der Waals surface area (Å²) in [6, 6.07) is 0. The molecule has 0 aromatic carbocycles. The molecule has 0 N–H and O–H groups in total. The van der Waals surface area contributed by atoms with Gasteiger partial charge >= 0.3 is 11.8 Å². The highest BCUT2D eigenvalue weighted by Crippen LogP contribution is 2.24. The zero-order valence-corrected chi connectivity index (χ0v) is 9.92. The van der Waals surface area contributed by atoms with E-state index in [4.69, 9.17) is 0 Å². The first-order valence-corrected chi connectivity index (χ1v) is 6.11. The van der Waals surface area contributed by atoms with Crippen LogP contribution in [0.4, 0.5) is 0 Å². The number of likely N-dealkylation sites (tertiary alicyclic amines) is 1. The van der Waals surface area contributed by atoms with E-state index in [-0.39, 0.29) is 16.3 Å². The molecule has 2 amide bonds. The van der Waals surface area contributed by atoms with Crippen molar-refractivity contribution in [3.63, 3.8) is 0 Å². The Morgan fingerprint density at radius 1 is 0.933 bits per heavy atom. The summed E-state index contributed by atoms with van der Waals surface area (Å²) in [5.74, 6) is 0.309. The number of imide groups is 1. The van der Waals surface area contributed by atoms with Crippen LogP contribution in [0.15, 0.2) is 0 Å². The minimum atomic E-state index is 0.154. The van der Waals surface area contributed by atoms with Gasteiger partial charge in [0.25, 0.3) is 0 Å². The number of carbonyl (C=O) groups is 2. The zero-order valence-electron chi connectivity index (χ0n) is 9.92. The molecule has 1 aliphatic rings. The minimum absolute atomic E-state index is 0.154. The van der Waals surface area contributed by atoms with Crippen molar-refractivity contribution in [2.24, 2.45) is 0 Å². The molecule has 0 aromatic heterocycles. The zero-order chi connectivity index (χ0) is 11.3. The maximum absolute atomic E-state index is 11.9. The Bertz CT molecular complexity index is 222. The van der Waals surface area contributed by atoms with Gasteiger partial charge in [0.05, 0.1) is 25.9 Å². The average Bonchev–Trinajstić information content (AvgIpc) is 2.51. The summed E-state index contributed by atoms with van der Waals surface area (Å²) in [6.45, 7) is 5.66. The predicted molar refractivity (Wildman–Crippen MR) is 59.1 cm³/mol. The number of nitrogens with zero attached hydrogens (tertiary/aromatic N) is 1. The SMILES string of the molecule is CCCC[N+]1(CCCC)C(=O)CCC1=O. The Labute approximate surface area is 92.0 Å². The number of hydrogen-bond acceptors (Lipinski definition) is 2. The number of rotatable bonds is 6. The summed E-state index contributed by atoms with van der Waals surface area (Å²) in [6.07, 6.45) is 4.97. The lowest BCUT2D eigenvalue weighted by molar-refractivity contribution is -0.774. The molecule has 0 spiro atoms. The molecule has 1 fully saturated rings. The molecule has 86 valence electrons. The summed E-state index contributed by atoms with van der Waals surface area (Å²) in [5, 5.41) is 0. The van der Waals surface area contributed by atoms with Gasteiger partial charge in [-0.3, -0.25) is 0 Å². The van der Waals surface area contributed by atoms with E-state index in [1.807, 2.05) is 0 Å². The number of amides is 2. The Hall–Kier alpha value is -0.700. The van der Waals surface area contributed by atoms with Crippen LogP contribution in [0.25, 0.3) is 0 Å². The van der Waals surface area contributed by atoms with Gasteiger partial charge in [-0.25, -0.2) is 9.59 Å². The maximum atomic E-state index is 11.9. The van der Waals surface area contributed by atoms with Gasteiger partial charge in [-0.15, -0.1) is 0 Å². The summed E-state index contributed by atoms with van der Waals surface area (Å²) in [4.78, 5) is 23.7. The van der Waals surface area contributed by atoms with Gasteiger partial charge in [-0.2, -0.15) is 4.48 Å². The van der Waals surface area contributed by atoms with E-state index in [0.717, 1.165) is 38.8 Å². The smallest absolute Gasteiger partial charge is 0.230 e. The third-order valence-electron chi connectivity index (χ3n) is 3.29. The van der Waals surface area contributed by atoms with Crippen molar-refractivity contribution in [2.45, 2.75) is 52.4 Å². The van der Waals surface area contributed by atoms with Crippen molar-refractivity contribution >= 4 is 11.8 Å². The van der Waals surface area contributed by atoms with Crippen LogP contribution in [0, 0.1) is 0 Å². The van der Waals surface area contributed by atoms with E-state index in [0.29, 0.717) is 12.8 Å². The van der Waals surface area contributed by atoms with Gasteiger partial charge < -0.3 is 0 Å². The molecule has 0 unspecified atom stereocenters. The largest absolute Gasteiger partial charge is 0.321 e. The summed E-state index contributed by atoms with van der Waals surface area (Å²) >= 11 is 0. The second kappa shape index (κ2) is 5.40. The Balaban J connectivity index is 2.74. The van der Waals surface area contributed by atoms with Crippen molar-refractivity contribution in [1.82, 2.24) is 0 Å². The molecule has 0 saturated carbocycles. The molecule has 0 aromatic rings. The number of quaternary nitrogens is 1. The van der Waals surface area contributed by atoms with Crippen LogP contribution >= 0.6 is 0 Å². The van der Waals surface area contributed by atoms with Crippen molar-refractivity contribution < 1.29 is 14.1 Å². The van der Waals surface area contributed by atoms with Crippen LogP contribution in [0.2, 0.25) is 0 Å². The second-order valence-electron chi connectivity index (χ2n) is 4.41. The van der Waals surface area contributed by atoms with Gasteiger partial charge in [-0.1, -0.05) is 26.7 Å². The predicted octanol–water partition coefficient (Wildman–Crippen LogP) is 2.25. The minimum Gasteiger partial charge on any atom is -0.230 e. The Kier molecular flexibility index (Phi) is 4.45. The van der Waals surface area contributed by atoms with Crippen LogP contribution < -0.4 is 0 Å². The number of carbonyl (C=O) groups excluding carboxylic acids is 2. The third kappa shape index (κ3) is 2.46. The topological polar surface area (TPSA) is 34.1 Å². The van der Waals surface area contributed by atoms with Crippen LogP contribution in [-0.2, 0) is 9.59 Å². The Morgan fingerprint density at radius 3 is 1.67 bits per heavy atom. The van der Waals surface area contributed by atoms with Crippen molar-refractivity contribution in [3.8, 4) is 0 Å². The van der Waals surface area contributed by atoms with E-state index < -0.39 is 0 Å². The summed E-state index contributed by atoms with van der Waals surface area (Å²) in [7, 11) is 0. The highest BCUT2D eigenvalue weighted by Gasteiger charge is 2.48. The van der Waals surface area contributed by atoms with Crippen LogP contribution in [-0.4, -0.2) is 29.4 Å². The van der Waals surface area contributed by atoms with Crippen LogP contribution in [0.3, 0.4) is 0 Å². The molecule has 0 atom stereocenters. The second-order valence-corrected chi connectivity index (χ2v) is 4.41. The molecule has 1 rings (SSSR count). The molecule has 15 heavy (non-hydrogen) atoms. The van der Waals surface area contributed by atoms with E-state index in [9.17, 15) is 9.59 Å². The fraction of sp³-hybridized carbons (Fsp3) is 0.833. The maximum Gasteiger partial charge on any atom is 0.321 e. The molecule has 0 aliphatic carbocycles. The molecule has 1 saturated heterocycles. The standard InChI is InChI=1S/C12H22NO2/c1-3-5-9-13(10-6-4-2)11(14)7-8-12(13)15/h3-10H2,1-2H3/q+1. The van der Waals surface area contributed by atoms with Gasteiger partial charge in [0.15, 0.2) is 0 Å². The monoisotopic (exact) mass is 212 g/mol. The first-order chi connectivity index (χ1) is 7.17.